The molecule has 1 aromatic carbocycles. The maximum atomic E-state index is 3.45. The lowest BCUT2D eigenvalue weighted by Gasteiger charge is -2.55. The van der Waals surface area contributed by atoms with Crippen molar-refractivity contribution in [2.45, 2.75) is 71.1 Å². The van der Waals surface area contributed by atoms with E-state index in [1.165, 1.54) is 37.7 Å². The van der Waals surface area contributed by atoms with Crippen molar-refractivity contribution in [1.29, 1.82) is 0 Å². The second kappa shape index (κ2) is 6.08. The molecule has 1 fully saturated rings. The zero-order valence-corrected chi connectivity index (χ0v) is 16.7. The molecule has 0 aromatic heterocycles. The van der Waals surface area contributed by atoms with E-state index >= 15 is 0 Å². The summed E-state index contributed by atoms with van der Waals surface area (Å²) in [6, 6.07) is 7.36. The van der Waals surface area contributed by atoms with Gasteiger partial charge in [-0.15, -0.1) is 0 Å². The Kier molecular flexibility index (Phi) is 4.63. The summed E-state index contributed by atoms with van der Waals surface area (Å²) in [5.74, 6) is 1.45. The Labute approximate surface area is 150 Å². The zero-order valence-electron chi connectivity index (χ0n) is 14.5. The third kappa shape index (κ3) is 2.64. The first-order valence-corrected chi connectivity index (χ1v) is 9.95. The Hall–Kier alpha value is -0.0900. The highest BCUT2D eigenvalue weighted by molar-refractivity contribution is 14.1. The van der Waals surface area contributed by atoms with Crippen LogP contribution in [0.5, 0.6) is 0 Å². The average molecular weight is 411 g/mol. The molecule has 22 heavy (non-hydrogen) atoms. The van der Waals surface area contributed by atoms with Crippen LogP contribution < -0.4 is 3.53 Å². The maximum absolute atomic E-state index is 3.45. The summed E-state index contributed by atoms with van der Waals surface area (Å²) < 4.78 is 3.45. The molecule has 1 saturated carbocycles. The monoisotopic (exact) mass is 411 g/mol. The third-order valence-electron chi connectivity index (χ3n) is 6.64. The summed E-state index contributed by atoms with van der Waals surface area (Å²) in [4.78, 5) is 0. The van der Waals surface area contributed by atoms with Crippen molar-refractivity contribution < 1.29 is 0 Å². The summed E-state index contributed by atoms with van der Waals surface area (Å²) in [5, 5.41) is 0. The lowest BCUT2D eigenvalue weighted by Crippen LogP contribution is -2.51. The highest BCUT2D eigenvalue weighted by Crippen LogP contribution is 2.57. The van der Waals surface area contributed by atoms with Gasteiger partial charge in [0, 0.05) is 29.4 Å². The molecule has 3 atom stereocenters. The lowest BCUT2D eigenvalue weighted by atomic mass is 9.50. The van der Waals surface area contributed by atoms with Gasteiger partial charge >= 0.3 is 0 Å². The third-order valence-corrected chi connectivity index (χ3v) is 7.02. The van der Waals surface area contributed by atoms with Gasteiger partial charge in [-0.05, 0) is 65.0 Å². The molecule has 1 N–H and O–H groups in total. The van der Waals surface area contributed by atoms with E-state index in [-0.39, 0.29) is 0 Å². The molecule has 3 unspecified atom stereocenters. The van der Waals surface area contributed by atoms with Crippen LogP contribution in [0.3, 0.4) is 0 Å². The minimum atomic E-state index is 0.379. The van der Waals surface area contributed by atoms with Crippen molar-refractivity contribution in [2.24, 2.45) is 11.3 Å². The molecule has 1 nitrogen and oxygen atoms in total. The maximum Gasteiger partial charge on any atom is 0.0169 e. The highest BCUT2D eigenvalue weighted by atomic mass is 127. The molecular formula is C20H30IN. The van der Waals surface area contributed by atoms with Gasteiger partial charge in [-0.1, -0.05) is 52.3 Å². The molecule has 0 heterocycles. The van der Waals surface area contributed by atoms with Crippen molar-refractivity contribution in [1.82, 2.24) is 3.53 Å². The average Bonchev–Trinajstić information content (AvgIpc) is 2.46. The number of fused-ring (bicyclic) bond motifs is 3. The molecule has 2 aliphatic rings. The van der Waals surface area contributed by atoms with Crippen LogP contribution in [0.2, 0.25) is 0 Å². The van der Waals surface area contributed by atoms with Gasteiger partial charge in [0.2, 0.25) is 0 Å². The zero-order chi connectivity index (χ0) is 16.0. The number of benzene rings is 1. The topological polar surface area (TPSA) is 12.0 Å². The summed E-state index contributed by atoms with van der Waals surface area (Å²) in [6.45, 7) is 10.8. The van der Waals surface area contributed by atoms with Crippen LogP contribution in [0.15, 0.2) is 18.2 Å². The second-order valence-corrected chi connectivity index (χ2v) is 9.16. The van der Waals surface area contributed by atoms with E-state index < -0.39 is 0 Å². The summed E-state index contributed by atoms with van der Waals surface area (Å²) in [5.41, 5.74) is 5.63. The quantitative estimate of drug-likeness (QED) is 0.493. The molecule has 0 saturated heterocycles. The summed E-state index contributed by atoms with van der Waals surface area (Å²) in [6.07, 6.45) is 6.74. The molecule has 0 aliphatic heterocycles. The smallest absolute Gasteiger partial charge is 0.0169 e. The fourth-order valence-corrected chi connectivity index (χ4v) is 6.24. The molecule has 0 spiro atoms. The van der Waals surface area contributed by atoms with Crippen LogP contribution >= 0.6 is 22.9 Å². The Morgan fingerprint density at radius 2 is 2.05 bits per heavy atom. The fourth-order valence-electron chi connectivity index (χ4n) is 5.37. The summed E-state index contributed by atoms with van der Waals surface area (Å²) in [7, 11) is 0. The van der Waals surface area contributed by atoms with Crippen LogP contribution in [-0.2, 0) is 11.8 Å². The van der Waals surface area contributed by atoms with Crippen molar-refractivity contribution in [3.8, 4) is 0 Å². The van der Waals surface area contributed by atoms with Crippen molar-refractivity contribution in [2.75, 3.05) is 6.54 Å². The first-order chi connectivity index (χ1) is 10.4. The summed E-state index contributed by atoms with van der Waals surface area (Å²) >= 11 is 2.33. The minimum absolute atomic E-state index is 0.379. The van der Waals surface area contributed by atoms with E-state index in [4.69, 9.17) is 0 Å². The van der Waals surface area contributed by atoms with Gasteiger partial charge in [-0.3, -0.25) is 3.53 Å². The van der Waals surface area contributed by atoms with E-state index in [2.05, 4.69) is 72.3 Å². The van der Waals surface area contributed by atoms with Gasteiger partial charge in [0.05, 0.1) is 0 Å². The van der Waals surface area contributed by atoms with E-state index in [9.17, 15) is 0 Å². The van der Waals surface area contributed by atoms with Crippen molar-refractivity contribution in [3.63, 3.8) is 0 Å². The molecule has 0 radical (unpaired) electrons. The number of nitrogens with one attached hydrogen (secondary N) is 1. The Bertz CT molecular complexity index is 549. The van der Waals surface area contributed by atoms with Gasteiger partial charge in [0.25, 0.3) is 0 Å². The van der Waals surface area contributed by atoms with Gasteiger partial charge in [-0.2, -0.15) is 0 Å². The predicted molar refractivity (Wildman–Crippen MR) is 104 cm³/mol. The molecule has 122 valence electrons. The SMILES string of the molecule is CC(C)c1ccc2c(c1)CCC1C(C)(CNI)CCCC21C. The van der Waals surface area contributed by atoms with Gasteiger partial charge in [0.1, 0.15) is 0 Å². The lowest BCUT2D eigenvalue weighted by molar-refractivity contribution is 0.0311. The van der Waals surface area contributed by atoms with Gasteiger partial charge < -0.3 is 0 Å². The molecular weight excluding hydrogens is 381 g/mol. The van der Waals surface area contributed by atoms with Crippen LogP contribution in [0.25, 0.3) is 0 Å². The van der Waals surface area contributed by atoms with Crippen LogP contribution in [-0.4, -0.2) is 6.54 Å². The number of hydrogen-bond acceptors (Lipinski definition) is 1. The molecule has 0 amide bonds. The molecule has 3 rings (SSSR count). The standard InChI is InChI=1S/C20H30IN/c1-14(2)15-6-8-17-16(12-15)7-9-18-19(3,13-22-21)10-5-11-20(17,18)4/h6,8,12,14,18,22H,5,7,9-11,13H2,1-4H3. The van der Waals surface area contributed by atoms with E-state index in [0.29, 0.717) is 16.7 Å². The predicted octanol–water partition coefficient (Wildman–Crippen LogP) is 5.76. The molecule has 1 aromatic rings. The molecule has 0 bridgehead atoms. The Morgan fingerprint density at radius 3 is 2.73 bits per heavy atom. The number of rotatable bonds is 3. The van der Waals surface area contributed by atoms with Crippen molar-refractivity contribution in [3.05, 3.63) is 34.9 Å². The second-order valence-electron chi connectivity index (χ2n) is 8.40. The van der Waals surface area contributed by atoms with Crippen LogP contribution in [0.1, 0.15) is 76.0 Å². The first kappa shape index (κ1) is 16.8. The number of aryl methyl sites for hydroxylation is 1. The van der Waals surface area contributed by atoms with E-state index in [0.717, 1.165) is 12.5 Å². The van der Waals surface area contributed by atoms with Crippen LogP contribution in [0, 0.1) is 11.3 Å². The Balaban J connectivity index is 2.02. The fraction of sp³-hybridized carbons (Fsp3) is 0.700. The molecule has 2 heteroatoms. The number of halogens is 1. The highest BCUT2D eigenvalue weighted by Gasteiger charge is 2.51. The largest absolute Gasteiger partial charge is 0.261 e. The van der Waals surface area contributed by atoms with E-state index in [1.807, 2.05) is 0 Å². The normalized spacial score (nSPS) is 34.4. The van der Waals surface area contributed by atoms with Gasteiger partial charge in [-0.25, -0.2) is 0 Å². The van der Waals surface area contributed by atoms with Crippen molar-refractivity contribution >= 4 is 22.9 Å². The van der Waals surface area contributed by atoms with E-state index in [1.54, 1.807) is 11.1 Å². The van der Waals surface area contributed by atoms with Crippen LogP contribution in [0.4, 0.5) is 0 Å². The minimum Gasteiger partial charge on any atom is -0.261 e. The van der Waals surface area contributed by atoms with Gasteiger partial charge in [0.15, 0.2) is 0 Å². The Morgan fingerprint density at radius 1 is 1.27 bits per heavy atom. The number of hydrogen-bond donors (Lipinski definition) is 1. The first-order valence-electron chi connectivity index (χ1n) is 8.87. The molecule has 2 aliphatic carbocycles.